The summed E-state index contributed by atoms with van der Waals surface area (Å²) >= 11 is 0. The zero-order valence-electron chi connectivity index (χ0n) is 10.2. The fourth-order valence-electron chi connectivity index (χ4n) is 1.84. The number of nitrogens with zero attached hydrogens (tertiary/aromatic N) is 1. The van der Waals surface area contributed by atoms with Gasteiger partial charge in [-0.2, -0.15) is 0 Å². The number of aromatic nitrogens is 2. The minimum atomic E-state index is -0.221. The predicted molar refractivity (Wildman–Crippen MR) is 67.4 cm³/mol. The fourth-order valence-corrected chi connectivity index (χ4v) is 1.84. The quantitative estimate of drug-likeness (QED) is 0.829. The van der Waals surface area contributed by atoms with Crippen LogP contribution in [0.5, 0.6) is 0 Å². The zero-order valence-corrected chi connectivity index (χ0v) is 10.2. The maximum absolute atomic E-state index is 5.99. The number of nitrogens with two attached hydrogens (primary N) is 1. The molecule has 0 radical (unpaired) electrons. The van der Waals surface area contributed by atoms with Gasteiger partial charge in [0.25, 0.3) is 0 Å². The van der Waals surface area contributed by atoms with Crippen molar-refractivity contribution in [1.82, 2.24) is 9.97 Å². The fraction of sp³-hybridized carbons (Fsp3) is 0.462. The van der Waals surface area contributed by atoms with Gasteiger partial charge in [-0.25, -0.2) is 4.98 Å². The van der Waals surface area contributed by atoms with Gasteiger partial charge in [0.05, 0.1) is 11.0 Å². The minimum absolute atomic E-state index is 0.221. The van der Waals surface area contributed by atoms with Gasteiger partial charge < -0.3 is 10.7 Å². The number of aromatic amines is 1. The molecule has 0 atom stereocenters. The topological polar surface area (TPSA) is 54.7 Å². The Morgan fingerprint density at radius 1 is 1.38 bits per heavy atom. The van der Waals surface area contributed by atoms with Crippen molar-refractivity contribution >= 4 is 11.0 Å². The summed E-state index contributed by atoms with van der Waals surface area (Å²) in [7, 11) is 0. The molecule has 0 aliphatic heterocycles. The maximum Gasteiger partial charge on any atom is 0.109 e. The van der Waals surface area contributed by atoms with Crippen molar-refractivity contribution in [3.05, 3.63) is 29.6 Å². The number of rotatable bonds is 3. The molecule has 1 heterocycles. The number of hydrogen-bond acceptors (Lipinski definition) is 2. The van der Waals surface area contributed by atoms with E-state index in [1.807, 2.05) is 13.8 Å². The zero-order chi connectivity index (χ0) is 11.8. The van der Waals surface area contributed by atoms with Crippen LogP contribution in [0.4, 0.5) is 0 Å². The molecule has 2 rings (SSSR count). The van der Waals surface area contributed by atoms with Crippen LogP contribution in [0, 0.1) is 0 Å². The number of H-pyrrole nitrogens is 1. The summed E-state index contributed by atoms with van der Waals surface area (Å²) in [6, 6.07) is 6.35. The van der Waals surface area contributed by atoms with Gasteiger partial charge in [-0.15, -0.1) is 0 Å². The molecule has 0 saturated heterocycles. The van der Waals surface area contributed by atoms with Gasteiger partial charge in [-0.3, -0.25) is 0 Å². The molecule has 86 valence electrons. The largest absolute Gasteiger partial charge is 0.342 e. The molecule has 0 aliphatic carbocycles. The summed E-state index contributed by atoms with van der Waals surface area (Å²) in [5.41, 5.74) is 9.23. The average molecular weight is 217 g/mol. The van der Waals surface area contributed by atoms with Gasteiger partial charge in [0.1, 0.15) is 5.82 Å². The van der Waals surface area contributed by atoms with Crippen LogP contribution in [0.1, 0.15) is 32.2 Å². The Hall–Kier alpha value is -1.35. The summed E-state index contributed by atoms with van der Waals surface area (Å²) in [6.45, 7) is 6.18. The Bertz CT molecular complexity index is 491. The Morgan fingerprint density at radius 2 is 2.12 bits per heavy atom. The lowest BCUT2D eigenvalue weighted by atomic mass is 10.0. The van der Waals surface area contributed by atoms with E-state index >= 15 is 0 Å². The molecule has 2 aromatic rings. The van der Waals surface area contributed by atoms with Crippen LogP contribution in [-0.4, -0.2) is 15.5 Å². The first-order valence-corrected chi connectivity index (χ1v) is 5.74. The van der Waals surface area contributed by atoms with Crippen LogP contribution in [0.15, 0.2) is 18.2 Å². The van der Waals surface area contributed by atoms with E-state index in [1.54, 1.807) is 0 Å². The summed E-state index contributed by atoms with van der Waals surface area (Å²) in [5, 5.41) is 0. The standard InChI is InChI=1S/C13H19N3/c1-4-9-5-6-10-11(7-9)16-12(15-10)8-13(2,3)14/h5-7H,4,8,14H2,1-3H3,(H,15,16). The van der Waals surface area contributed by atoms with E-state index in [0.29, 0.717) is 0 Å². The lowest BCUT2D eigenvalue weighted by Crippen LogP contribution is -2.34. The number of hydrogen-bond donors (Lipinski definition) is 2. The second-order valence-electron chi connectivity index (χ2n) is 5.05. The Balaban J connectivity index is 2.36. The van der Waals surface area contributed by atoms with E-state index in [-0.39, 0.29) is 5.54 Å². The third-order valence-corrected chi connectivity index (χ3v) is 2.63. The molecule has 1 aromatic carbocycles. The van der Waals surface area contributed by atoms with Crippen molar-refractivity contribution in [2.24, 2.45) is 5.73 Å². The van der Waals surface area contributed by atoms with Crippen LogP contribution in [-0.2, 0) is 12.8 Å². The molecule has 3 heteroatoms. The Morgan fingerprint density at radius 3 is 2.75 bits per heavy atom. The lowest BCUT2D eigenvalue weighted by molar-refractivity contribution is 0.505. The van der Waals surface area contributed by atoms with E-state index in [4.69, 9.17) is 5.73 Å². The molecule has 0 fully saturated rings. The Kier molecular flexibility index (Phi) is 2.72. The molecule has 0 bridgehead atoms. The van der Waals surface area contributed by atoms with Gasteiger partial charge in [-0.1, -0.05) is 13.0 Å². The van der Waals surface area contributed by atoms with E-state index in [0.717, 1.165) is 29.7 Å². The number of imidazole rings is 1. The number of aryl methyl sites for hydroxylation is 1. The first kappa shape index (κ1) is 11.1. The van der Waals surface area contributed by atoms with Crippen molar-refractivity contribution in [3.63, 3.8) is 0 Å². The number of nitrogens with one attached hydrogen (secondary N) is 1. The summed E-state index contributed by atoms with van der Waals surface area (Å²) in [4.78, 5) is 7.87. The van der Waals surface area contributed by atoms with Crippen LogP contribution in [0.25, 0.3) is 11.0 Å². The van der Waals surface area contributed by atoms with Gasteiger partial charge in [0, 0.05) is 12.0 Å². The summed E-state index contributed by atoms with van der Waals surface area (Å²) in [6.07, 6.45) is 1.82. The van der Waals surface area contributed by atoms with E-state index in [9.17, 15) is 0 Å². The molecule has 16 heavy (non-hydrogen) atoms. The van der Waals surface area contributed by atoms with Crippen LogP contribution < -0.4 is 5.73 Å². The maximum atomic E-state index is 5.99. The van der Waals surface area contributed by atoms with Crippen molar-refractivity contribution in [1.29, 1.82) is 0 Å². The molecular weight excluding hydrogens is 198 g/mol. The highest BCUT2D eigenvalue weighted by atomic mass is 14.9. The molecule has 0 aliphatic rings. The SMILES string of the molecule is CCc1ccc2nc(CC(C)(C)N)[nH]c2c1. The van der Waals surface area contributed by atoms with Crippen molar-refractivity contribution in [3.8, 4) is 0 Å². The van der Waals surface area contributed by atoms with Crippen molar-refractivity contribution < 1.29 is 0 Å². The normalized spacial score (nSPS) is 12.2. The Labute approximate surface area is 96.1 Å². The molecule has 0 spiro atoms. The average Bonchev–Trinajstić information content (AvgIpc) is 2.55. The van der Waals surface area contributed by atoms with Crippen molar-refractivity contribution in [2.45, 2.75) is 39.2 Å². The predicted octanol–water partition coefficient (Wildman–Crippen LogP) is 2.41. The van der Waals surface area contributed by atoms with Gasteiger partial charge in [0.2, 0.25) is 0 Å². The van der Waals surface area contributed by atoms with Gasteiger partial charge in [-0.05, 0) is 38.0 Å². The van der Waals surface area contributed by atoms with Crippen molar-refractivity contribution in [2.75, 3.05) is 0 Å². The van der Waals surface area contributed by atoms with E-state index in [1.165, 1.54) is 5.56 Å². The smallest absolute Gasteiger partial charge is 0.109 e. The lowest BCUT2D eigenvalue weighted by Gasteiger charge is -2.15. The molecule has 0 amide bonds. The number of fused-ring (bicyclic) bond motifs is 1. The molecule has 1 aromatic heterocycles. The molecular formula is C13H19N3. The van der Waals surface area contributed by atoms with Crippen LogP contribution in [0.3, 0.4) is 0 Å². The third-order valence-electron chi connectivity index (χ3n) is 2.63. The molecule has 3 N–H and O–H groups in total. The van der Waals surface area contributed by atoms with Gasteiger partial charge >= 0.3 is 0 Å². The second-order valence-corrected chi connectivity index (χ2v) is 5.05. The molecule has 0 saturated carbocycles. The minimum Gasteiger partial charge on any atom is -0.342 e. The highest BCUT2D eigenvalue weighted by Crippen LogP contribution is 2.16. The highest BCUT2D eigenvalue weighted by molar-refractivity contribution is 5.75. The molecule has 3 nitrogen and oxygen atoms in total. The molecule has 0 unspecified atom stereocenters. The second kappa shape index (κ2) is 3.91. The van der Waals surface area contributed by atoms with E-state index in [2.05, 4.69) is 35.1 Å². The first-order chi connectivity index (χ1) is 7.48. The number of benzene rings is 1. The van der Waals surface area contributed by atoms with Crippen LogP contribution in [0.2, 0.25) is 0 Å². The third kappa shape index (κ3) is 2.42. The summed E-state index contributed by atoms with van der Waals surface area (Å²) in [5.74, 6) is 0.968. The highest BCUT2D eigenvalue weighted by Gasteiger charge is 2.14. The monoisotopic (exact) mass is 217 g/mol. The van der Waals surface area contributed by atoms with E-state index < -0.39 is 0 Å². The first-order valence-electron chi connectivity index (χ1n) is 5.74. The van der Waals surface area contributed by atoms with Gasteiger partial charge in [0.15, 0.2) is 0 Å². The summed E-state index contributed by atoms with van der Waals surface area (Å²) < 4.78 is 0. The van der Waals surface area contributed by atoms with Crippen LogP contribution >= 0.6 is 0 Å².